The summed E-state index contributed by atoms with van der Waals surface area (Å²) in [5.41, 5.74) is 3.54. The lowest BCUT2D eigenvalue weighted by atomic mass is 10.1. The van der Waals surface area contributed by atoms with Crippen LogP contribution in [-0.4, -0.2) is 56.2 Å². The molecule has 8 nitrogen and oxygen atoms in total. The summed E-state index contributed by atoms with van der Waals surface area (Å²) in [6.07, 6.45) is -2.90. The summed E-state index contributed by atoms with van der Waals surface area (Å²) in [4.78, 5) is 3.99. The number of aromatic nitrogens is 6. The second-order valence-electron chi connectivity index (χ2n) is 6.02. The van der Waals surface area contributed by atoms with Crippen LogP contribution < -0.4 is 9.80 Å². The van der Waals surface area contributed by atoms with Gasteiger partial charge >= 0.3 is 6.18 Å². The lowest BCUT2D eigenvalue weighted by Gasteiger charge is -2.36. The quantitative estimate of drug-likeness (QED) is 0.668. The predicted octanol–water partition coefficient (Wildman–Crippen LogP) is 1.94. The van der Waals surface area contributed by atoms with Crippen molar-refractivity contribution < 1.29 is 13.2 Å². The molecule has 4 heterocycles. The molecule has 0 amide bonds. The van der Waals surface area contributed by atoms with Crippen LogP contribution in [0.25, 0.3) is 5.65 Å². The first-order valence-corrected chi connectivity index (χ1v) is 8.74. The van der Waals surface area contributed by atoms with Crippen molar-refractivity contribution in [3.05, 3.63) is 22.6 Å². The maximum absolute atomic E-state index is 12.7. The Balaban J connectivity index is 1.55. The van der Waals surface area contributed by atoms with Gasteiger partial charge in [-0.3, -0.25) is 0 Å². The van der Waals surface area contributed by atoms with Crippen molar-refractivity contribution in [3.63, 3.8) is 0 Å². The number of piperazine rings is 1. The molecular formula is C14H15F3N8S. The minimum absolute atomic E-state index is 0.298. The lowest BCUT2D eigenvalue weighted by molar-refractivity contribution is -0.138. The van der Waals surface area contributed by atoms with E-state index < -0.39 is 11.2 Å². The van der Waals surface area contributed by atoms with Gasteiger partial charge in [-0.05, 0) is 19.4 Å². The minimum atomic E-state index is -4.46. The molecule has 138 valence electrons. The van der Waals surface area contributed by atoms with Crippen LogP contribution in [0.5, 0.6) is 0 Å². The Kier molecular flexibility index (Phi) is 3.93. The molecule has 1 fully saturated rings. The molecule has 0 radical (unpaired) electrons. The molecule has 26 heavy (non-hydrogen) atoms. The molecule has 4 rings (SSSR count). The van der Waals surface area contributed by atoms with E-state index in [9.17, 15) is 13.2 Å². The fourth-order valence-electron chi connectivity index (χ4n) is 2.99. The van der Waals surface area contributed by atoms with Crippen LogP contribution in [0.1, 0.15) is 16.3 Å². The Morgan fingerprint density at radius 2 is 1.69 bits per heavy atom. The summed E-state index contributed by atoms with van der Waals surface area (Å²) in [5, 5.41) is 18.8. The van der Waals surface area contributed by atoms with Crippen LogP contribution in [-0.2, 0) is 6.18 Å². The number of anilines is 2. The third-order valence-electron chi connectivity index (χ3n) is 4.42. The summed E-state index contributed by atoms with van der Waals surface area (Å²) in [6, 6.07) is 0. The Morgan fingerprint density at radius 3 is 2.35 bits per heavy atom. The average Bonchev–Trinajstić information content (AvgIpc) is 3.25. The monoisotopic (exact) mass is 384 g/mol. The van der Waals surface area contributed by atoms with Crippen molar-refractivity contribution in [3.8, 4) is 0 Å². The number of aryl methyl sites for hydroxylation is 1. The maximum atomic E-state index is 12.7. The van der Waals surface area contributed by atoms with Gasteiger partial charge in [0.2, 0.25) is 15.8 Å². The van der Waals surface area contributed by atoms with Gasteiger partial charge in [0.05, 0.1) is 11.4 Å². The fourth-order valence-corrected chi connectivity index (χ4v) is 3.76. The first-order chi connectivity index (χ1) is 12.3. The number of hydrogen-bond donors (Lipinski definition) is 0. The average molecular weight is 384 g/mol. The number of alkyl halides is 3. The molecule has 0 atom stereocenters. The highest BCUT2D eigenvalue weighted by Gasteiger charge is 2.36. The van der Waals surface area contributed by atoms with E-state index in [0.717, 1.165) is 16.9 Å². The van der Waals surface area contributed by atoms with Gasteiger partial charge in [-0.2, -0.15) is 22.8 Å². The topological polar surface area (TPSA) is 75.3 Å². The molecule has 12 heteroatoms. The molecule has 0 spiro atoms. The molecule has 0 aliphatic carbocycles. The van der Waals surface area contributed by atoms with Crippen LogP contribution in [0.2, 0.25) is 0 Å². The van der Waals surface area contributed by atoms with Crippen molar-refractivity contribution in [1.29, 1.82) is 0 Å². The Bertz CT molecular complexity index is 941. The summed E-state index contributed by atoms with van der Waals surface area (Å²) in [5.74, 6) is 0. The smallest absolute Gasteiger partial charge is 0.365 e. The third kappa shape index (κ3) is 2.83. The van der Waals surface area contributed by atoms with Crippen molar-refractivity contribution in [1.82, 2.24) is 30.0 Å². The van der Waals surface area contributed by atoms with E-state index in [4.69, 9.17) is 0 Å². The van der Waals surface area contributed by atoms with Crippen LogP contribution in [0.3, 0.4) is 0 Å². The van der Waals surface area contributed by atoms with Gasteiger partial charge in [-0.25, -0.2) is 0 Å². The Hall–Kier alpha value is -2.50. The highest BCUT2D eigenvalue weighted by atomic mass is 32.1. The summed E-state index contributed by atoms with van der Waals surface area (Å²) < 4.78 is 39.8. The third-order valence-corrected chi connectivity index (χ3v) is 5.45. The van der Waals surface area contributed by atoms with Gasteiger partial charge in [0.15, 0.2) is 0 Å². The molecular weight excluding hydrogens is 369 g/mol. The number of nitrogens with zero attached hydrogens (tertiary/aromatic N) is 8. The molecule has 1 saturated heterocycles. The SMILES string of the molecule is Cc1nn2cnnc2c(N2CCN(c3nnc(C(F)(F)F)s3)CC2)c1C. The highest BCUT2D eigenvalue weighted by molar-refractivity contribution is 7.15. The standard InChI is InChI=1S/C14H15F3N8S/c1-8-9(2)22-25-7-18-19-11(25)10(8)23-3-5-24(6-4-23)13-21-20-12(26-13)14(15,16)17/h7H,3-6H2,1-2H3. The summed E-state index contributed by atoms with van der Waals surface area (Å²) >= 11 is 0.577. The molecule has 1 aliphatic heterocycles. The van der Waals surface area contributed by atoms with Crippen LogP contribution in [0.15, 0.2) is 6.33 Å². The van der Waals surface area contributed by atoms with E-state index >= 15 is 0 Å². The molecule has 0 aromatic carbocycles. The largest absolute Gasteiger partial charge is 0.445 e. The zero-order chi connectivity index (χ0) is 18.5. The van der Waals surface area contributed by atoms with Gasteiger partial charge in [-0.15, -0.1) is 20.4 Å². The summed E-state index contributed by atoms with van der Waals surface area (Å²) in [7, 11) is 0. The molecule has 0 saturated carbocycles. The van der Waals surface area contributed by atoms with Crippen molar-refractivity contribution in [2.75, 3.05) is 36.0 Å². The number of hydrogen-bond acceptors (Lipinski definition) is 8. The molecule has 0 unspecified atom stereocenters. The van der Waals surface area contributed by atoms with Gasteiger partial charge in [-0.1, -0.05) is 11.3 Å². The number of rotatable bonds is 2. The fraction of sp³-hybridized carbons (Fsp3) is 0.500. The van der Waals surface area contributed by atoms with Crippen LogP contribution >= 0.6 is 11.3 Å². The van der Waals surface area contributed by atoms with E-state index in [-0.39, 0.29) is 0 Å². The Labute approximate surface area is 150 Å². The maximum Gasteiger partial charge on any atom is 0.445 e. The summed E-state index contributed by atoms with van der Waals surface area (Å²) in [6.45, 7) is 6.27. The molecule has 3 aromatic heterocycles. The second-order valence-corrected chi connectivity index (χ2v) is 6.98. The van der Waals surface area contributed by atoms with Crippen LogP contribution in [0, 0.1) is 13.8 Å². The normalized spacial score (nSPS) is 15.9. The minimum Gasteiger partial charge on any atom is -0.365 e. The highest BCUT2D eigenvalue weighted by Crippen LogP contribution is 2.35. The van der Waals surface area contributed by atoms with Crippen molar-refractivity contribution in [2.24, 2.45) is 0 Å². The zero-order valence-electron chi connectivity index (χ0n) is 14.0. The lowest BCUT2D eigenvalue weighted by Crippen LogP contribution is -2.47. The van der Waals surface area contributed by atoms with E-state index in [1.807, 2.05) is 18.7 Å². The molecule has 0 N–H and O–H groups in total. The zero-order valence-corrected chi connectivity index (χ0v) is 14.8. The first kappa shape index (κ1) is 16.9. The van der Waals surface area contributed by atoms with Crippen LogP contribution in [0.4, 0.5) is 24.0 Å². The first-order valence-electron chi connectivity index (χ1n) is 7.92. The Morgan fingerprint density at radius 1 is 1.00 bits per heavy atom. The molecule has 1 aliphatic rings. The molecule has 3 aromatic rings. The predicted molar refractivity (Wildman–Crippen MR) is 89.6 cm³/mol. The van der Waals surface area contributed by atoms with Gasteiger partial charge in [0.25, 0.3) is 0 Å². The number of halogens is 3. The van der Waals surface area contributed by atoms with Crippen molar-refractivity contribution in [2.45, 2.75) is 20.0 Å². The van der Waals surface area contributed by atoms with Gasteiger partial charge in [0.1, 0.15) is 6.33 Å². The van der Waals surface area contributed by atoms with E-state index in [1.54, 1.807) is 10.8 Å². The van der Waals surface area contributed by atoms with Gasteiger partial charge < -0.3 is 9.80 Å². The van der Waals surface area contributed by atoms with Crippen molar-refractivity contribution >= 4 is 27.8 Å². The molecule has 0 bridgehead atoms. The number of fused-ring (bicyclic) bond motifs is 1. The van der Waals surface area contributed by atoms with E-state index in [2.05, 4.69) is 30.4 Å². The van der Waals surface area contributed by atoms with E-state index in [1.165, 1.54) is 0 Å². The van der Waals surface area contributed by atoms with Gasteiger partial charge in [0, 0.05) is 26.2 Å². The second kappa shape index (κ2) is 6.04. The van der Waals surface area contributed by atoms with E-state index in [0.29, 0.717) is 48.3 Å².